The van der Waals surface area contributed by atoms with Crippen LogP contribution in [-0.2, 0) is 22.5 Å². The van der Waals surface area contributed by atoms with E-state index < -0.39 is 5.97 Å². The van der Waals surface area contributed by atoms with Crippen LogP contribution in [-0.4, -0.2) is 56.8 Å². The molecular formula is C22H24N4O4. The molecule has 8 heteroatoms. The number of ketones is 1. The van der Waals surface area contributed by atoms with Crippen molar-refractivity contribution in [3.05, 3.63) is 53.6 Å². The number of amides is 1. The Bertz CT molecular complexity index is 1090. The van der Waals surface area contributed by atoms with E-state index in [2.05, 4.69) is 9.97 Å². The van der Waals surface area contributed by atoms with Crippen LogP contribution in [0.2, 0.25) is 0 Å². The third kappa shape index (κ3) is 3.98. The first-order valence-electron chi connectivity index (χ1n) is 10.2. The standard InChI is InChI=1S/C22H24N4O4/c1-2-20-24-16-7-3-4-8-18(16)26(20)13-21(28)30-14-19(27)15-11-17(23-12-15)22(29)25-9-5-6-10-25/h3-4,7-8,11-12,23H,2,5-6,9-10,13-14H2,1H3. The predicted octanol–water partition coefficient (Wildman–Crippen LogP) is 2.59. The zero-order valence-corrected chi connectivity index (χ0v) is 16.9. The molecule has 1 aliphatic heterocycles. The van der Waals surface area contributed by atoms with E-state index in [9.17, 15) is 14.4 Å². The number of esters is 1. The van der Waals surface area contributed by atoms with Crippen molar-refractivity contribution in [1.29, 1.82) is 0 Å². The van der Waals surface area contributed by atoms with E-state index >= 15 is 0 Å². The van der Waals surface area contributed by atoms with E-state index in [1.807, 2.05) is 35.8 Å². The van der Waals surface area contributed by atoms with Crippen molar-refractivity contribution in [3.8, 4) is 0 Å². The van der Waals surface area contributed by atoms with E-state index in [-0.39, 0.29) is 24.8 Å². The van der Waals surface area contributed by atoms with Crippen molar-refractivity contribution in [2.75, 3.05) is 19.7 Å². The zero-order chi connectivity index (χ0) is 21.1. The van der Waals surface area contributed by atoms with Crippen molar-refractivity contribution in [3.63, 3.8) is 0 Å². The molecule has 0 aliphatic carbocycles. The van der Waals surface area contributed by atoms with Crippen molar-refractivity contribution in [2.24, 2.45) is 0 Å². The maximum atomic E-state index is 12.4. The molecule has 0 unspecified atom stereocenters. The zero-order valence-electron chi connectivity index (χ0n) is 16.9. The summed E-state index contributed by atoms with van der Waals surface area (Å²) in [6.07, 6.45) is 4.16. The summed E-state index contributed by atoms with van der Waals surface area (Å²) in [5.41, 5.74) is 2.38. The van der Waals surface area contributed by atoms with E-state index in [1.54, 1.807) is 4.90 Å². The number of likely N-dealkylation sites (tertiary alicyclic amines) is 1. The molecular weight excluding hydrogens is 384 g/mol. The number of H-pyrrole nitrogens is 1. The third-order valence-electron chi connectivity index (χ3n) is 5.33. The largest absolute Gasteiger partial charge is 0.456 e. The molecule has 1 amide bonds. The molecule has 0 spiro atoms. The Morgan fingerprint density at radius 1 is 1.17 bits per heavy atom. The lowest BCUT2D eigenvalue weighted by molar-refractivity contribution is -0.143. The predicted molar refractivity (Wildman–Crippen MR) is 110 cm³/mol. The molecule has 0 atom stereocenters. The molecule has 3 heterocycles. The Kier molecular flexibility index (Phi) is 5.65. The lowest BCUT2D eigenvalue weighted by Gasteiger charge is -2.13. The van der Waals surface area contributed by atoms with Crippen LogP contribution in [0.15, 0.2) is 36.5 Å². The number of hydrogen-bond acceptors (Lipinski definition) is 5. The van der Waals surface area contributed by atoms with Crippen LogP contribution >= 0.6 is 0 Å². The Morgan fingerprint density at radius 2 is 1.93 bits per heavy atom. The summed E-state index contributed by atoms with van der Waals surface area (Å²) in [7, 11) is 0. The number of Topliss-reactive ketones (excluding diaryl/α,β-unsaturated/α-hetero) is 1. The van der Waals surface area contributed by atoms with Gasteiger partial charge in [-0.05, 0) is 31.0 Å². The number of para-hydroxylation sites is 2. The highest BCUT2D eigenvalue weighted by molar-refractivity contribution is 6.01. The van der Waals surface area contributed by atoms with Gasteiger partial charge in [-0.2, -0.15) is 0 Å². The van der Waals surface area contributed by atoms with Crippen LogP contribution in [0.3, 0.4) is 0 Å². The first-order valence-corrected chi connectivity index (χ1v) is 10.2. The molecule has 0 bridgehead atoms. The van der Waals surface area contributed by atoms with E-state index in [4.69, 9.17) is 4.74 Å². The Balaban J connectivity index is 1.36. The number of hydrogen-bond donors (Lipinski definition) is 1. The average molecular weight is 408 g/mol. The molecule has 1 N–H and O–H groups in total. The summed E-state index contributed by atoms with van der Waals surface area (Å²) in [4.78, 5) is 46.3. The van der Waals surface area contributed by atoms with Gasteiger partial charge in [-0.25, -0.2) is 4.98 Å². The van der Waals surface area contributed by atoms with Gasteiger partial charge in [0.1, 0.15) is 18.1 Å². The van der Waals surface area contributed by atoms with Crippen LogP contribution in [0.4, 0.5) is 0 Å². The third-order valence-corrected chi connectivity index (χ3v) is 5.33. The number of aromatic amines is 1. The number of carbonyl (C=O) groups excluding carboxylic acids is 3. The number of ether oxygens (including phenoxy) is 1. The molecule has 2 aromatic heterocycles. The smallest absolute Gasteiger partial charge is 0.326 e. The fraction of sp³-hybridized carbons (Fsp3) is 0.364. The number of fused-ring (bicyclic) bond motifs is 1. The molecule has 1 fully saturated rings. The van der Waals surface area contributed by atoms with Crippen LogP contribution in [0.25, 0.3) is 11.0 Å². The number of aryl methyl sites for hydroxylation is 1. The molecule has 1 aromatic carbocycles. The summed E-state index contributed by atoms with van der Waals surface area (Å²) in [6, 6.07) is 9.11. The number of rotatable bonds is 7. The highest BCUT2D eigenvalue weighted by Gasteiger charge is 2.22. The van der Waals surface area contributed by atoms with Gasteiger partial charge in [0.05, 0.1) is 11.0 Å². The van der Waals surface area contributed by atoms with E-state index in [0.717, 1.165) is 42.8 Å². The molecule has 1 aliphatic rings. The summed E-state index contributed by atoms with van der Waals surface area (Å²) < 4.78 is 7.01. The summed E-state index contributed by atoms with van der Waals surface area (Å²) >= 11 is 0. The lowest BCUT2D eigenvalue weighted by Crippen LogP contribution is -2.27. The first-order chi connectivity index (χ1) is 14.6. The van der Waals surface area contributed by atoms with Gasteiger partial charge in [-0.1, -0.05) is 19.1 Å². The van der Waals surface area contributed by atoms with Gasteiger partial charge in [-0.15, -0.1) is 0 Å². The van der Waals surface area contributed by atoms with Crippen LogP contribution < -0.4 is 0 Å². The number of nitrogens with zero attached hydrogens (tertiary/aromatic N) is 3. The Morgan fingerprint density at radius 3 is 2.70 bits per heavy atom. The lowest BCUT2D eigenvalue weighted by atomic mass is 10.2. The molecule has 3 aromatic rings. The van der Waals surface area contributed by atoms with Gasteiger partial charge in [-0.3, -0.25) is 14.4 Å². The number of aromatic nitrogens is 3. The molecule has 1 saturated heterocycles. The second kappa shape index (κ2) is 8.52. The normalized spacial score (nSPS) is 13.7. The second-order valence-electron chi connectivity index (χ2n) is 7.34. The molecule has 156 valence electrons. The minimum Gasteiger partial charge on any atom is -0.456 e. The van der Waals surface area contributed by atoms with Crippen molar-refractivity contribution in [2.45, 2.75) is 32.7 Å². The van der Waals surface area contributed by atoms with Gasteiger partial charge in [0.25, 0.3) is 5.91 Å². The molecule has 8 nitrogen and oxygen atoms in total. The maximum Gasteiger partial charge on any atom is 0.326 e. The van der Waals surface area contributed by atoms with Gasteiger partial charge in [0, 0.05) is 31.3 Å². The van der Waals surface area contributed by atoms with Gasteiger partial charge in [0.2, 0.25) is 5.78 Å². The van der Waals surface area contributed by atoms with E-state index in [1.165, 1.54) is 12.3 Å². The fourth-order valence-electron chi connectivity index (χ4n) is 3.75. The van der Waals surface area contributed by atoms with Crippen LogP contribution in [0.5, 0.6) is 0 Å². The van der Waals surface area contributed by atoms with Crippen LogP contribution in [0, 0.1) is 0 Å². The summed E-state index contributed by atoms with van der Waals surface area (Å²) in [5.74, 6) is -0.186. The molecule has 0 radical (unpaired) electrons. The van der Waals surface area contributed by atoms with Gasteiger partial charge >= 0.3 is 5.97 Å². The number of benzene rings is 1. The Hall–Kier alpha value is -3.42. The van der Waals surface area contributed by atoms with Gasteiger partial charge in [0.15, 0.2) is 6.61 Å². The SMILES string of the molecule is CCc1nc2ccccc2n1CC(=O)OCC(=O)c1c[nH]c(C(=O)N2CCCC2)c1. The summed E-state index contributed by atoms with van der Waals surface area (Å²) in [5, 5.41) is 0. The number of imidazole rings is 1. The van der Waals surface area contributed by atoms with Gasteiger partial charge < -0.3 is 19.2 Å². The highest BCUT2D eigenvalue weighted by Crippen LogP contribution is 2.17. The minimum atomic E-state index is -0.509. The van der Waals surface area contributed by atoms with Crippen molar-refractivity contribution >= 4 is 28.7 Å². The fourth-order valence-corrected chi connectivity index (χ4v) is 3.75. The Labute approximate surface area is 173 Å². The maximum absolute atomic E-state index is 12.4. The average Bonchev–Trinajstić information content (AvgIpc) is 3.51. The second-order valence-corrected chi connectivity index (χ2v) is 7.34. The quantitative estimate of drug-likeness (QED) is 0.479. The summed E-state index contributed by atoms with van der Waals surface area (Å²) in [6.45, 7) is 3.06. The molecule has 4 rings (SSSR count). The van der Waals surface area contributed by atoms with Crippen molar-refractivity contribution in [1.82, 2.24) is 19.4 Å². The van der Waals surface area contributed by atoms with E-state index in [0.29, 0.717) is 17.7 Å². The highest BCUT2D eigenvalue weighted by atomic mass is 16.5. The number of nitrogens with one attached hydrogen (secondary N) is 1. The molecule has 0 saturated carbocycles. The monoisotopic (exact) mass is 408 g/mol. The first kappa shape index (κ1) is 19.9. The minimum absolute atomic E-state index is 0.0111. The molecule has 30 heavy (non-hydrogen) atoms. The van der Waals surface area contributed by atoms with Crippen molar-refractivity contribution < 1.29 is 19.1 Å². The topological polar surface area (TPSA) is 97.3 Å². The number of carbonyl (C=O) groups is 3. The van der Waals surface area contributed by atoms with Crippen LogP contribution in [0.1, 0.15) is 46.4 Å².